The molecule has 2 heterocycles. The summed E-state index contributed by atoms with van der Waals surface area (Å²) in [4.78, 5) is 11.0. The molecule has 0 aliphatic carbocycles. The average molecular weight is 486 g/mol. The first-order valence-electron chi connectivity index (χ1n) is 8.54. The first-order chi connectivity index (χ1) is 12.2. The Kier molecular flexibility index (Phi) is 7.96. The van der Waals surface area contributed by atoms with Gasteiger partial charge in [-0.1, -0.05) is 35.9 Å². The summed E-state index contributed by atoms with van der Waals surface area (Å²) < 4.78 is 0. The molecule has 140 valence electrons. The minimum absolute atomic E-state index is 0. The van der Waals surface area contributed by atoms with Crippen LogP contribution in [0.3, 0.4) is 0 Å². The summed E-state index contributed by atoms with van der Waals surface area (Å²) in [5.41, 5.74) is 2.56. The lowest BCUT2D eigenvalue weighted by atomic mass is 10.1. The number of rotatable bonds is 4. The number of anilines is 1. The second-order valence-electron chi connectivity index (χ2n) is 6.24. The van der Waals surface area contributed by atoms with Crippen LogP contribution in [-0.4, -0.2) is 37.1 Å². The van der Waals surface area contributed by atoms with Crippen LogP contribution in [0.25, 0.3) is 0 Å². The van der Waals surface area contributed by atoms with Crippen LogP contribution in [0.5, 0.6) is 0 Å². The van der Waals surface area contributed by atoms with E-state index >= 15 is 0 Å². The summed E-state index contributed by atoms with van der Waals surface area (Å²) in [6, 6.07) is 12.4. The molecule has 2 N–H and O–H groups in total. The Hall–Kier alpha value is -1.54. The zero-order chi connectivity index (χ0) is 17.6. The van der Waals surface area contributed by atoms with Crippen LogP contribution in [0, 0.1) is 6.92 Å². The first kappa shape index (κ1) is 20.8. The Bertz CT molecular complexity index is 752. The van der Waals surface area contributed by atoms with Crippen LogP contribution in [-0.2, 0) is 6.54 Å². The van der Waals surface area contributed by atoms with Gasteiger partial charge in [0.15, 0.2) is 5.96 Å². The first-order valence-corrected chi connectivity index (χ1v) is 8.92. The van der Waals surface area contributed by atoms with E-state index in [4.69, 9.17) is 11.6 Å². The van der Waals surface area contributed by atoms with Gasteiger partial charge in [0.25, 0.3) is 0 Å². The number of hydrogen-bond donors (Lipinski definition) is 2. The van der Waals surface area contributed by atoms with Gasteiger partial charge in [-0.3, -0.25) is 4.99 Å². The van der Waals surface area contributed by atoms with Gasteiger partial charge in [-0.05, 0) is 36.6 Å². The summed E-state index contributed by atoms with van der Waals surface area (Å²) in [5, 5.41) is 7.60. The van der Waals surface area contributed by atoms with Crippen molar-refractivity contribution in [1.82, 2.24) is 15.6 Å². The summed E-state index contributed by atoms with van der Waals surface area (Å²) in [7, 11) is 1.80. The Balaban J connectivity index is 0.00000243. The van der Waals surface area contributed by atoms with Gasteiger partial charge in [0.1, 0.15) is 5.82 Å². The van der Waals surface area contributed by atoms with Crippen LogP contribution in [0.2, 0.25) is 5.02 Å². The Labute approximate surface area is 177 Å². The third kappa shape index (κ3) is 5.23. The molecule has 2 aromatic rings. The number of aliphatic imine (C=N–C) groups is 1. The predicted octanol–water partition coefficient (Wildman–Crippen LogP) is 3.61. The van der Waals surface area contributed by atoms with Gasteiger partial charge < -0.3 is 15.5 Å². The highest BCUT2D eigenvalue weighted by Gasteiger charge is 2.25. The summed E-state index contributed by atoms with van der Waals surface area (Å²) in [6.45, 7) is 4.68. The van der Waals surface area contributed by atoms with Gasteiger partial charge in [-0.2, -0.15) is 0 Å². The summed E-state index contributed by atoms with van der Waals surface area (Å²) >= 11 is 6.26. The highest BCUT2D eigenvalue weighted by atomic mass is 127. The number of guanidine groups is 1. The van der Waals surface area contributed by atoms with Crippen molar-refractivity contribution in [1.29, 1.82) is 0 Å². The second-order valence-corrected chi connectivity index (χ2v) is 6.64. The van der Waals surface area contributed by atoms with Crippen molar-refractivity contribution in [2.45, 2.75) is 25.9 Å². The molecule has 7 heteroatoms. The van der Waals surface area contributed by atoms with E-state index in [0.29, 0.717) is 11.1 Å². The highest BCUT2D eigenvalue weighted by Crippen LogP contribution is 2.25. The molecule has 0 radical (unpaired) electrons. The number of pyridine rings is 1. The van der Waals surface area contributed by atoms with E-state index in [2.05, 4.69) is 56.7 Å². The lowest BCUT2D eigenvalue weighted by molar-refractivity contribution is 0.648. The van der Waals surface area contributed by atoms with Crippen molar-refractivity contribution in [2.75, 3.05) is 25.0 Å². The van der Waals surface area contributed by atoms with E-state index in [-0.39, 0.29) is 24.0 Å². The third-order valence-electron chi connectivity index (χ3n) is 4.50. The molecule has 1 unspecified atom stereocenters. The van der Waals surface area contributed by atoms with E-state index in [1.165, 1.54) is 11.1 Å². The van der Waals surface area contributed by atoms with Gasteiger partial charge in [0.2, 0.25) is 0 Å². The Morgan fingerprint density at radius 3 is 2.85 bits per heavy atom. The highest BCUT2D eigenvalue weighted by molar-refractivity contribution is 14.0. The fraction of sp³-hybridized carbons (Fsp3) is 0.368. The zero-order valence-electron chi connectivity index (χ0n) is 15.1. The number of nitrogens with zero attached hydrogens (tertiary/aromatic N) is 3. The molecule has 1 saturated heterocycles. The van der Waals surface area contributed by atoms with Crippen molar-refractivity contribution < 1.29 is 0 Å². The molecule has 1 aliphatic rings. The van der Waals surface area contributed by atoms with Gasteiger partial charge in [0.05, 0.1) is 5.02 Å². The van der Waals surface area contributed by atoms with Crippen molar-refractivity contribution >= 4 is 47.4 Å². The van der Waals surface area contributed by atoms with E-state index in [9.17, 15) is 0 Å². The molecule has 5 nitrogen and oxygen atoms in total. The zero-order valence-corrected chi connectivity index (χ0v) is 18.2. The van der Waals surface area contributed by atoms with Gasteiger partial charge >= 0.3 is 0 Å². The number of hydrogen-bond acceptors (Lipinski definition) is 3. The third-order valence-corrected chi connectivity index (χ3v) is 4.79. The minimum Gasteiger partial charge on any atom is -0.353 e. The van der Waals surface area contributed by atoms with Crippen LogP contribution < -0.4 is 15.5 Å². The fourth-order valence-electron chi connectivity index (χ4n) is 3.06. The molecular formula is C19H25ClIN5. The predicted molar refractivity (Wildman–Crippen MR) is 120 cm³/mol. The maximum Gasteiger partial charge on any atom is 0.191 e. The van der Waals surface area contributed by atoms with Crippen LogP contribution in [0.4, 0.5) is 5.82 Å². The van der Waals surface area contributed by atoms with Gasteiger partial charge in [-0.25, -0.2) is 4.98 Å². The molecule has 1 aliphatic heterocycles. The Morgan fingerprint density at radius 1 is 1.31 bits per heavy atom. The summed E-state index contributed by atoms with van der Waals surface area (Å²) in [6.07, 6.45) is 2.81. The number of aryl methyl sites for hydroxylation is 1. The number of benzene rings is 1. The number of nitrogens with one attached hydrogen (secondary N) is 2. The van der Waals surface area contributed by atoms with E-state index < -0.39 is 0 Å². The van der Waals surface area contributed by atoms with E-state index in [0.717, 1.165) is 37.8 Å². The molecule has 0 bridgehead atoms. The van der Waals surface area contributed by atoms with Crippen molar-refractivity contribution in [3.05, 3.63) is 58.7 Å². The van der Waals surface area contributed by atoms with Crippen molar-refractivity contribution in [3.63, 3.8) is 0 Å². The normalized spacial score (nSPS) is 17.0. The van der Waals surface area contributed by atoms with Crippen LogP contribution >= 0.6 is 35.6 Å². The molecule has 0 saturated carbocycles. The van der Waals surface area contributed by atoms with E-state index in [1.807, 2.05) is 12.1 Å². The Morgan fingerprint density at radius 2 is 2.12 bits per heavy atom. The summed E-state index contributed by atoms with van der Waals surface area (Å²) in [5.74, 6) is 1.68. The van der Waals surface area contributed by atoms with Crippen LogP contribution in [0.1, 0.15) is 17.5 Å². The number of aromatic nitrogens is 1. The smallest absolute Gasteiger partial charge is 0.191 e. The number of halogens is 2. The maximum atomic E-state index is 6.26. The lowest BCUT2D eigenvalue weighted by Gasteiger charge is -2.20. The van der Waals surface area contributed by atoms with Crippen LogP contribution in [0.15, 0.2) is 47.6 Å². The maximum absolute atomic E-state index is 6.26. The molecule has 3 rings (SSSR count). The van der Waals surface area contributed by atoms with E-state index in [1.54, 1.807) is 13.2 Å². The second kappa shape index (κ2) is 9.97. The molecule has 1 atom stereocenters. The van der Waals surface area contributed by atoms with Gasteiger partial charge in [0, 0.05) is 38.9 Å². The monoisotopic (exact) mass is 485 g/mol. The lowest BCUT2D eigenvalue weighted by Crippen LogP contribution is -2.44. The molecule has 1 aromatic carbocycles. The van der Waals surface area contributed by atoms with Crippen molar-refractivity contribution in [2.24, 2.45) is 4.99 Å². The fourth-order valence-corrected chi connectivity index (χ4v) is 3.30. The average Bonchev–Trinajstić information content (AvgIpc) is 3.08. The molecule has 1 fully saturated rings. The quantitative estimate of drug-likeness (QED) is 0.395. The molecule has 26 heavy (non-hydrogen) atoms. The van der Waals surface area contributed by atoms with Crippen molar-refractivity contribution in [3.8, 4) is 0 Å². The standard InChI is InChI=1S/C19H24ClN5.HI/c1-14-6-3-4-7-15(14)12-23-19(21-2)24-16-9-11-25(13-16)18-17(20)8-5-10-22-18;/h3-8,10,16H,9,11-13H2,1-2H3,(H2,21,23,24);1H. The molecule has 0 amide bonds. The molecule has 0 spiro atoms. The van der Waals surface area contributed by atoms with Gasteiger partial charge in [-0.15, -0.1) is 24.0 Å². The SMILES string of the molecule is CN=C(NCc1ccccc1C)NC1CCN(c2ncccc2Cl)C1.I. The minimum atomic E-state index is 0. The molecular weight excluding hydrogens is 461 g/mol. The molecule has 1 aromatic heterocycles. The largest absolute Gasteiger partial charge is 0.353 e. The topological polar surface area (TPSA) is 52.6 Å².